The van der Waals surface area contributed by atoms with E-state index in [1.54, 1.807) is 23.5 Å². The van der Waals surface area contributed by atoms with E-state index in [4.69, 9.17) is 0 Å². The van der Waals surface area contributed by atoms with Crippen LogP contribution in [0.4, 0.5) is 0 Å². The summed E-state index contributed by atoms with van der Waals surface area (Å²) in [5.41, 5.74) is 1.95. The lowest BCUT2D eigenvalue weighted by atomic mass is 9.92. The van der Waals surface area contributed by atoms with Crippen LogP contribution in [0.2, 0.25) is 0 Å². The van der Waals surface area contributed by atoms with Gasteiger partial charge in [0.1, 0.15) is 0 Å². The number of carbonyl (C=O) groups is 2. The maximum absolute atomic E-state index is 12.6. The summed E-state index contributed by atoms with van der Waals surface area (Å²) in [5, 5.41) is 0. The quantitative estimate of drug-likeness (QED) is 0.691. The number of likely N-dealkylation sites (tertiary alicyclic amines) is 1. The van der Waals surface area contributed by atoms with E-state index in [2.05, 4.69) is 9.97 Å². The second-order valence-electron chi connectivity index (χ2n) is 7.81. The van der Waals surface area contributed by atoms with Crippen molar-refractivity contribution in [2.75, 3.05) is 26.7 Å². The standard InChI is InChI=1S/C23H30N4O2/c1-26(15-11-21-8-2-3-13-25-21)22(28)10-9-19-7-5-14-27(18-19)23(29)16-20-6-4-12-24-17-20/h2-4,6,8,12-13,17,19H,5,7,9-11,14-16,18H2,1H3/t19-/m1/s1. The third kappa shape index (κ3) is 6.66. The molecule has 0 aromatic carbocycles. The largest absolute Gasteiger partial charge is 0.345 e. The highest BCUT2D eigenvalue weighted by molar-refractivity contribution is 5.79. The van der Waals surface area contributed by atoms with Crippen molar-refractivity contribution in [1.29, 1.82) is 0 Å². The van der Waals surface area contributed by atoms with Gasteiger partial charge in [-0.3, -0.25) is 19.6 Å². The van der Waals surface area contributed by atoms with E-state index in [0.29, 0.717) is 25.3 Å². The van der Waals surface area contributed by atoms with Gasteiger partial charge >= 0.3 is 0 Å². The number of rotatable bonds is 8. The topological polar surface area (TPSA) is 66.4 Å². The van der Waals surface area contributed by atoms with E-state index in [1.165, 1.54) is 0 Å². The average molecular weight is 395 g/mol. The van der Waals surface area contributed by atoms with Gasteiger partial charge in [-0.1, -0.05) is 12.1 Å². The molecule has 154 valence electrons. The van der Waals surface area contributed by atoms with Crippen LogP contribution < -0.4 is 0 Å². The summed E-state index contributed by atoms with van der Waals surface area (Å²) in [4.78, 5) is 37.2. The maximum atomic E-state index is 12.6. The summed E-state index contributed by atoms with van der Waals surface area (Å²) in [5.74, 6) is 0.719. The second kappa shape index (κ2) is 10.7. The molecule has 29 heavy (non-hydrogen) atoms. The fourth-order valence-corrected chi connectivity index (χ4v) is 3.79. The third-order valence-corrected chi connectivity index (χ3v) is 5.57. The molecule has 2 amide bonds. The first-order valence-corrected chi connectivity index (χ1v) is 10.4. The molecule has 2 aromatic rings. The van der Waals surface area contributed by atoms with Crippen LogP contribution in [-0.4, -0.2) is 58.3 Å². The van der Waals surface area contributed by atoms with Crippen LogP contribution in [0.5, 0.6) is 0 Å². The summed E-state index contributed by atoms with van der Waals surface area (Å²) in [6, 6.07) is 9.64. The monoisotopic (exact) mass is 394 g/mol. The number of likely N-dealkylation sites (N-methyl/N-ethyl adjacent to an activating group) is 1. The van der Waals surface area contributed by atoms with E-state index in [9.17, 15) is 9.59 Å². The molecule has 0 radical (unpaired) electrons. The van der Waals surface area contributed by atoms with Crippen molar-refractivity contribution in [3.63, 3.8) is 0 Å². The van der Waals surface area contributed by atoms with Crippen LogP contribution in [-0.2, 0) is 22.4 Å². The lowest BCUT2D eigenvalue weighted by Gasteiger charge is -2.33. The Morgan fingerprint density at radius 2 is 2.10 bits per heavy atom. The van der Waals surface area contributed by atoms with Crippen molar-refractivity contribution >= 4 is 11.8 Å². The fourth-order valence-electron chi connectivity index (χ4n) is 3.79. The van der Waals surface area contributed by atoms with Crippen LogP contribution in [0.1, 0.15) is 36.9 Å². The molecule has 1 atom stereocenters. The van der Waals surface area contributed by atoms with Crippen molar-refractivity contribution in [3.8, 4) is 0 Å². The smallest absolute Gasteiger partial charge is 0.227 e. The Hall–Kier alpha value is -2.76. The number of hydrogen-bond acceptors (Lipinski definition) is 4. The summed E-state index contributed by atoms with van der Waals surface area (Å²) < 4.78 is 0. The van der Waals surface area contributed by atoms with Gasteiger partial charge in [-0.15, -0.1) is 0 Å². The van der Waals surface area contributed by atoms with Gasteiger partial charge in [0.2, 0.25) is 11.8 Å². The van der Waals surface area contributed by atoms with Gasteiger partial charge in [0.15, 0.2) is 0 Å². The molecule has 0 unspecified atom stereocenters. The molecular weight excluding hydrogens is 364 g/mol. The molecule has 0 spiro atoms. The zero-order chi connectivity index (χ0) is 20.5. The molecule has 0 N–H and O–H groups in total. The number of aromatic nitrogens is 2. The lowest BCUT2D eigenvalue weighted by Crippen LogP contribution is -2.41. The Bertz CT molecular complexity index is 782. The van der Waals surface area contributed by atoms with Crippen molar-refractivity contribution < 1.29 is 9.59 Å². The fraction of sp³-hybridized carbons (Fsp3) is 0.478. The highest BCUT2D eigenvalue weighted by Gasteiger charge is 2.24. The van der Waals surface area contributed by atoms with E-state index in [0.717, 1.165) is 50.0 Å². The summed E-state index contributed by atoms with van der Waals surface area (Å²) in [6.45, 7) is 2.24. The molecule has 0 bridgehead atoms. The average Bonchev–Trinajstić information content (AvgIpc) is 2.77. The summed E-state index contributed by atoms with van der Waals surface area (Å²) in [7, 11) is 1.86. The number of nitrogens with zero attached hydrogens (tertiary/aromatic N) is 4. The van der Waals surface area contributed by atoms with Crippen molar-refractivity contribution in [3.05, 3.63) is 60.2 Å². The van der Waals surface area contributed by atoms with Gasteiger partial charge in [0.25, 0.3) is 0 Å². The third-order valence-electron chi connectivity index (χ3n) is 5.57. The Balaban J connectivity index is 1.40. The zero-order valence-corrected chi connectivity index (χ0v) is 17.2. The van der Waals surface area contributed by atoms with Gasteiger partial charge < -0.3 is 9.80 Å². The second-order valence-corrected chi connectivity index (χ2v) is 7.81. The molecule has 1 aliphatic heterocycles. The van der Waals surface area contributed by atoms with Crippen molar-refractivity contribution in [2.45, 2.75) is 38.5 Å². The van der Waals surface area contributed by atoms with Crippen molar-refractivity contribution in [2.24, 2.45) is 5.92 Å². The van der Waals surface area contributed by atoms with Gasteiger partial charge in [0, 0.05) is 63.8 Å². The minimum absolute atomic E-state index is 0.154. The number of pyridine rings is 2. The molecule has 0 aliphatic carbocycles. The zero-order valence-electron chi connectivity index (χ0n) is 17.2. The molecule has 6 nitrogen and oxygen atoms in total. The van der Waals surface area contributed by atoms with E-state index in [-0.39, 0.29) is 11.8 Å². The molecular formula is C23H30N4O2. The van der Waals surface area contributed by atoms with E-state index in [1.807, 2.05) is 42.3 Å². The SMILES string of the molecule is CN(CCc1ccccn1)C(=O)CC[C@H]1CCCN(C(=O)Cc2cccnc2)C1. The normalized spacial score (nSPS) is 16.4. The molecule has 1 aliphatic rings. The minimum Gasteiger partial charge on any atom is -0.345 e. The van der Waals surface area contributed by atoms with Gasteiger partial charge in [-0.05, 0) is 48.9 Å². The number of hydrogen-bond donors (Lipinski definition) is 0. The summed E-state index contributed by atoms with van der Waals surface area (Å²) in [6.07, 6.45) is 9.88. The van der Waals surface area contributed by atoms with Crippen LogP contribution in [0.3, 0.4) is 0 Å². The summed E-state index contributed by atoms with van der Waals surface area (Å²) >= 11 is 0. The van der Waals surface area contributed by atoms with Crippen LogP contribution >= 0.6 is 0 Å². The minimum atomic E-state index is 0.154. The molecule has 1 saturated heterocycles. The van der Waals surface area contributed by atoms with Crippen LogP contribution in [0, 0.1) is 5.92 Å². The molecule has 2 aromatic heterocycles. The van der Waals surface area contributed by atoms with Crippen LogP contribution in [0.15, 0.2) is 48.9 Å². The predicted octanol–water partition coefficient (Wildman–Crippen LogP) is 2.74. The molecule has 3 heterocycles. The van der Waals surface area contributed by atoms with E-state index < -0.39 is 0 Å². The lowest BCUT2D eigenvalue weighted by molar-refractivity contribution is -0.132. The highest BCUT2D eigenvalue weighted by atomic mass is 16.2. The first-order valence-electron chi connectivity index (χ1n) is 10.4. The first kappa shape index (κ1) is 21.0. The predicted molar refractivity (Wildman–Crippen MR) is 112 cm³/mol. The molecule has 3 rings (SSSR count). The molecule has 1 fully saturated rings. The molecule has 6 heteroatoms. The highest BCUT2D eigenvalue weighted by Crippen LogP contribution is 2.22. The molecule has 0 saturated carbocycles. The van der Waals surface area contributed by atoms with Crippen LogP contribution in [0.25, 0.3) is 0 Å². The Morgan fingerprint density at radius 1 is 1.21 bits per heavy atom. The number of piperidine rings is 1. The maximum Gasteiger partial charge on any atom is 0.227 e. The number of carbonyl (C=O) groups excluding carboxylic acids is 2. The Kier molecular flexibility index (Phi) is 7.73. The Labute approximate surface area is 173 Å². The van der Waals surface area contributed by atoms with Gasteiger partial charge in [0.05, 0.1) is 6.42 Å². The first-order chi connectivity index (χ1) is 14.1. The van der Waals surface area contributed by atoms with E-state index >= 15 is 0 Å². The Morgan fingerprint density at radius 3 is 2.86 bits per heavy atom. The van der Waals surface area contributed by atoms with Gasteiger partial charge in [-0.2, -0.15) is 0 Å². The van der Waals surface area contributed by atoms with Crippen molar-refractivity contribution in [1.82, 2.24) is 19.8 Å². The number of amides is 2. The van der Waals surface area contributed by atoms with Gasteiger partial charge in [-0.25, -0.2) is 0 Å².